The maximum Gasteiger partial charge on any atom is 0.258 e. The molecule has 0 atom stereocenters. The van der Waals surface area contributed by atoms with Crippen LogP contribution in [0.1, 0.15) is 25.0 Å². The molecule has 0 fully saturated rings. The lowest BCUT2D eigenvalue weighted by Crippen LogP contribution is -2.34. The Bertz CT molecular complexity index is 1120. The van der Waals surface area contributed by atoms with Gasteiger partial charge in [0.15, 0.2) is 0 Å². The second-order valence-corrected chi connectivity index (χ2v) is 6.87. The average Bonchev–Trinajstić information content (AvgIpc) is 2.75. The van der Waals surface area contributed by atoms with E-state index in [-0.39, 0.29) is 29.2 Å². The highest BCUT2D eigenvalue weighted by molar-refractivity contribution is 5.97. The summed E-state index contributed by atoms with van der Waals surface area (Å²) in [6.07, 6.45) is 0.527. The molecular formula is C23H26N2O4. The number of pyridine rings is 1. The molecule has 3 aromatic rings. The number of ether oxygens (including phenoxy) is 1. The Hall–Kier alpha value is -3.28. The molecule has 0 saturated heterocycles. The Kier molecular flexibility index (Phi) is 5.92. The highest BCUT2D eigenvalue weighted by atomic mass is 16.5. The summed E-state index contributed by atoms with van der Waals surface area (Å²) in [5.41, 5.74) is 2.03. The number of fused-ring (bicyclic) bond motifs is 1. The maximum absolute atomic E-state index is 13.1. The maximum atomic E-state index is 13.1. The molecule has 0 spiro atoms. The molecule has 0 radical (unpaired) electrons. The summed E-state index contributed by atoms with van der Waals surface area (Å²) in [5.74, 6) is 0.280. The van der Waals surface area contributed by atoms with Crippen LogP contribution in [0.25, 0.3) is 10.9 Å². The smallest absolute Gasteiger partial charge is 0.258 e. The van der Waals surface area contributed by atoms with Crippen LogP contribution in [0, 0.1) is 0 Å². The number of nitrogens with zero attached hydrogens (tertiary/aromatic N) is 2. The summed E-state index contributed by atoms with van der Waals surface area (Å²) in [4.78, 5) is 27.6. The summed E-state index contributed by atoms with van der Waals surface area (Å²) >= 11 is 0. The predicted octanol–water partition coefficient (Wildman–Crippen LogP) is 3.41. The van der Waals surface area contributed by atoms with Gasteiger partial charge in [0.2, 0.25) is 5.91 Å². The van der Waals surface area contributed by atoms with E-state index in [1.54, 1.807) is 37.3 Å². The third-order valence-electron chi connectivity index (χ3n) is 5.27. The van der Waals surface area contributed by atoms with Crippen molar-refractivity contribution in [3.05, 3.63) is 63.9 Å². The first-order valence-electron chi connectivity index (χ1n) is 9.69. The second-order valence-electron chi connectivity index (χ2n) is 6.87. The minimum Gasteiger partial charge on any atom is -0.507 e. The summed E-state index contributed by atoms with van der Waals surface area (Å²) < 4.78 is 6.74. The van der Waals surface area contributed by atoms with Gasteiger partial charge in [-0.15, -0.1) is 0 Å². The van der Waals surface area contributed by atoms with E-state index >= 15 is 0 Å². The van der Waals surface area contributed by atoms with Crippen molar-refractivity contribution in [3.63, 3.8) is 0 Å². The third kappa shape index (κ3) is 3.70. The lowest BCUT2D eigenvalue weighted by atomic mass is 10.0. The van der Waals surface area contributed by atoms with Gasteiger partial charge in [-0.05, 0) is 37.1 Å². The molecule has 3 rings (SSSR count). The van der Waals surface area contributed by atoms with Gasteiger partial charge in [0, 0.05) is 30.7 Å². The van der Waals surface area contributed by atoms with Crippen molar-refractivity contribution < 1.29 is 14.6 Å². The fraction of sp³-hybridized carbons (Fsp3) is 0.304. The number of hydrogen-bond donors (Lipinski definition) is 1. The number of aryl methyl sites for hydroxylation is 2. The number of benzene rings is 2. The number of aromatic hydroxyl groups is 1. The Morgan fingerprint density at radius 2 is 1.90 bits per heavy atom. The number of aromatic nitrogens is 1. The molecule has 0 aliphatic carbocycles. The van der Waals surface area contributed by atoms with Crippen LogP contribution in [0.5, 0.6) is 11.5 Å². The monoisotopic (exact) mass is 394 g/mol. The number of methoxy groups -OCH3 is 1. The number of amides is 1. The zero-order valence-electron chi connectivity index (χ0n) is 17.2. The molecule has 2 aromatic carbocycles. The average molecular weight is 394 g/mol. The fourth-order valence-electron chi connectivity index (χ4n) is 3.69. The van der Waals surface area contributed by atoms with Crippen LogP contribution in [0.15, 0.2) is 47.3 Å². The van der Waals surface area contributed by atoms with E-state index < -0.39 is 0 Å². The second kappa shape index (κ2) is 8.39. The summed E-state index contributed by atoms with van der Waals surface area (Å²) in [7, 11) is 3.23. The molecule has 152 valence electrons. The topological polar surface area (TPSA) is 71.8 Å². The molecule has 6 nitrogen and oxygen atoms in total. The van der Waals surface area contributed by atoms with Gasteiger partial charge in [0.1, 0.15) is 11.5 Å². The SMILES string of the molecule is CCc1cccc2c1c(O)c(CC(=O)N(CC)c1cccc(OC)c1)c(=O)n2C. The van der Waals surface area contributed by atoms with Crippen molar-refractivity contribution in [2.24, 2.45) is 7.05 Å². The minimum absolute atomic E-state index is 0.101. The molecule has 29 heavy (non-hydrogen) atoms. The van der Waals surface area contributed by atoms with Crippen molar-refractivity contribution in [2.45, 2.75) is 26.7 Å². The first-order chi connectivity index (χ1) is 13.9. The zero-order valence-corrected chi connectivity index (χ0v) is 17.2. The summed E-state index contributed by atoms with van der Waals surface area (Å²) in [6.45, 7) is 4.29. The number of anilines is 1. The van der Waals surface area contributed by atoms with Gasteiger partial charge in [0.25, 0.3) is 5.56 Å². The molecule has 1 heterocycles. The zero-order chi connectivity index (χ0) is 21.1. The molecule has 1 N–H and O–H groups in total. The Balaban J connectivity index is 2.07. The van der Waals surface area contributed by atoms with Crippen molar-refractivity contribution >= 4 is 22.5 Å². The number of rotatable bonds is 6. The van der Waals surface area contributed by atoms with E-state index in [2.05, 4.69) is 0 Å². The molecule has 0 unspecified atom stereocenters. The molecular weight excluding hydrogens is 368 g/mol. The third-order valence-corrected chi connectivity index (χ3v) is 5.27. The van der Waals surface area contributed by atoms with Crippen LogP contribution < -0.4 is 15.2 Å². The fourth-order valence-corrected chi connectivity index (χ4v) is 3.69. The van der Waals surface area contributed by atoms with E-state index in [1.165, 1.54) is 4.57 Å². The van der Waals surface area contributed by atoms with Crippen molar-refractivity contribution in [1.29, 1.82) is 0 Å². The van der Waals surface area contributed by atoms with E-state index in [4.69, 9.17) is 4.74 Å². The van der Waals surface area contributed by atoms with Crippen molar-refractivity contribution in [1.82, 2.24) is 4.57 Å². The Morgan fingerprint density at radius 1 is 1.17 bits per heavy atom. The molecule has 6 heteroatoms. The normalized spacial score (nSPS) is 10.9. The minimum atomic E-state index is -0.363. The summed E-state index contributed by atoms with van der Waals surface area (Å²) in [6, 6.07) is 12.8. The van der Waals surface area contributed by atoms with Gasteiger partial charge in [-0.25, -0.2) is 0 Å². The molecule has 0 aliphatic heterocycles. The van der Waals surface area contributed by atoms with Crippen LogP contribution in [-0.4, -0.2) is 29.2 Å². The van der Waals surface area contributed by atoms with Gasteiger partial charge < -0.3 is 19.3 Å². The van der Waals surface area contributed by atoms with Crippen LogP contribution in [-0.2, 0) is 24.7 Å². The van der Waals surface area contributed by atoms with E-state index in [9.17, 15) is 14.7 Å². The van der Waals surface area contributed by atoms with Crippen molar-refractivity contribution in [3.8, 4) is 11.5 Å². The van der Waals surface area contributed by atoms with Gasteiger partial charge in [-0.1, -0.05) is 25.1 Å². The first-order valence-corrected chi connectivity index (χ1v) is 9.69. The lowest BCUT2D eigenvalue weighted by Gasteiger charge is -2.22. The molecule has 0 saturated carbocycles. The number of hydrogen-bond acceptors (Lipinski definition) is 4. The predicted molar refractivity (Wildman–Crippen MR) is 115 cm³/mol. The Labute approximate surface area is 170 Å². The Morgan fingerprint density at radius 3 is 2.55 bits per heavy atom. The largest absolute Gasteiger partial charge is 0.507 e. The molecule has 1 aromatic heterocycles. The standard InChI is InChI=1S/C23H26N2O4/c1-5-15-9-7-12-19-21(15)22(27)18(23(28)24(19)3)14-20(26)25(6-2)16-10-8-11-17(13-16)29-4/h7-13,27H,5-6,14H2,1-4H3. The number of likely N-dealkylation sites (N-methyl/N-ethyl adjacent to an activating group) is 1. The van der Waals surface area contributed by atoms with E-state index in [0.29, 0.717) is 35.3 Å². The van der Waals surface area contributed by atoms with Crippen LogP contribution in [0.2, 0.25) is 0 Å². The molecule has 0 bridgehead atoms. The first kappa shape index (κ1) is 20.5. The summed E-state index contributed by atoms with van der Waals surface area (Å²) in [5, 5.41) is 11.5. The van der Waals surface area contributed by atoms with Gasteiger partial charge >= 0.3 is 0 Å². The quantitative estimate of drug-likeness (QED) is 0.695. The number of carbonyl (C=O) groups excluding carboxylic acids is 1. The highest BCUT2D eigenvalue weighted by Gasteiger charge is 2.22. The van der Waals surface area contributed by atoms with Gasteiger partial charge in [-0.3, -0.25) is 9.59 Å². The van der Waals surface area contributed by atoms with Crippen LogP contribution in [0.3, 0.4) is 0 Å². The molecule has 1 amide bonds. The highest BCUT2D eigenvalue weighted by Crippen LogP contribution is 2.30. The van der Waals surface area contributed by atoms with Crippen LogP contribution in [0.4, 0.5) is 5.69 Å². The van der Waals surface area contributed by atoms with Gasteiger partial charge in [0.05, 0.1) is 24.6 Å². The van der Waals surface area contributed by atoms with E-state index in [0.717, 1.165) is 5.56 Å². The number of carbonyl (C=O) groups is 1. The van der Waals surface area contributed by atoms with Gasteiger partial charge in [-0.2, -0.15) is 0 Å². The van der Waals surface area contributed by atoms with Crippen molar-refractivity contribution in [2.75, 3.05) is 18.6 Å². The van der Waals surface area contributed by atoms with Crippen LogP contribution >= 0.6 is 0 Å². The van der Waals surface area contributed by atoms with E-state index in [1.807, 2.05) is 38.1 Å². The lowest BCUT2D eigenvalue weighted by molar-refractivity contribution is -0.118. The molecule has 0 aliphatic rings.